The van der Waals surface area contributed by atoms with Crippen molar-refractivity contribution in [3.8, 4) is 0 Å². The smallest absolute Gasteiger partial charge is 0.225 e. The number of hydrogen-bond acceptors (Lipinski definition) is 3. The number of hydrogen-bond donors (Lipinski definition) is 0. The van der Waals surface area contributed by atoms with Crippen LogP contribution in [0, 0.1) is 6.07 Å². The Balaban J connectivity index is 2.69. The summed E-state index contributed by atoms with van der Waals surface area (Å²) in [5.41, 5.74) is 0.710. The quantitative estimate of drug-likeness (QED) is 0.591. The van der Waals surface area contributed by atoms with Gasteiger partial charge in [0.25, 0.3) is 0 Å². The topological polar surface area (TPSA) is 17.1 Å². The van der Waals surface area contributed by atoms with E-state index in [0.717, 1.165) is 5.30 Å². The maximum atomic E-state index is 11.2. The van der Waals surface area contributed by atoms with E-state index in [1.807, 2.05) is 12.1 Å². The van der Waals surface area contributed by atoms with E-state index >= 15 is 0 Å². The molecule has 1 nitrogen and oxygen atoms in total. The van der Waals surface area contributed by atoms with Crippen LogP contribution in [0.25, 0.3) is 0 Å². The van der Waals surface area contributed by atoms with Crippen molar-refractivity contribution in [1.29, 1.82) is 0 Å². The summed E-state index contributed by atoms with van der Waals surface area (Å²) in [6, 6.07) is 8.49. The number of carbonyl (C=O) groups excluding carboxylic acids is 1. The molecule has 1 aliphatic heterocycles. The van der Waals surface area contributed by atoms with Gasteiger partial charge in [-0.25, -0.2) is 0 Å². The Labute approximate surface area is 74.4 Å². The molecule has 0 spiro atoms. The standard InChI is InChI=1S/C7H4OPS2/c8-7-5-3-1-2-4-6(5)9(10)11-7/h1-2,4,9H. The van der Waals surface area contributed by atoms with Crippen LogP contribution >= 0.6 is 17.3 Å². The molecule has 2 rings (SSSR count). The summed E-state index contributed by atoms with van der Waals surface area (Å²) in [6.45, 7) is 0. The zero-order chi connectivity index (χ0) is 7.84. The van der Waals surface area contributed by atoms with E-state index in [1.165, 1.54) is 11.4 Å². The molecule has 1 heterocycles. The molecule has 0 saturated heterocycles. The fourth-order valence-corrected chi connectivity index (χ4v) is 5.07. The molecule has 0 aromatic heterocycles. The molecular formula is C7H4OPS2. The SMILES string of the molecule is O=C1S[PH](=S)c2ccc[c]c21. The number of rotatable bonds is 0. The van der Waals surface area contributed by atoms with E-state index in [0.29, 0.717) is 5.56 Å². The Morgan fingerprint density at radius 3 is 3.18 bits per heavy atom. The lowest BCUT2D eigenvalue weighted by molar-refractivity contribution is 0.109. The first kappa shape index (κ1) is 7.53. The van der Waals surface area contributed by atoms with Crippen LogP contribution < -0.4 is 5.30 Å². The van der Waals surface area contributed by atoms with Gasteiger partial charge in [0, 0.05) is 16.8 Å². The van der Waals surface area contributed by atoms with E-state index in [1.54, 1.807) is 6.07 Å². The van der Waals surface area contributed by atoms with Gasteiger partial charge in [0.2, 0.25) is 5.12 Å². The molecule has 0 fully saturated rings. The van der Waals surface area contributed by atoms with Crippen LogP contribution in [0.15, 0.2) is 18.2 Å². The zero-order valence-electron chi connectivity index (χ0n) is 5.46. The van der Waals surface area contributed by atoms with Crippen molar-refractivity contribution in [3.63, 3.8) is 0 Å². The van der Waals surface area contributed by atoms with Gasteiger partial charge in [0.1, 0.15) is 0 Å². The minimum atomic E-state index is -1.04. The summed E-state index contributed by atoms with van der Waals surface area (Å²) in [5.74, 6) is -1.04. The van der Waals surface area contributed by atoms with Gasteiger partial charge < -0.3 is 0 Å². The van der Waals surface area contributed by atoms with E-state index in [4.69, 9.17) is 11.8 Å². The van der Waals surface area contributed by atoms with Crippen molar-refractivity contribution in [2.45, 2.75) is 0 Å². The lowest BCUT2D eigenvalue weighted by Crippen LogP contribution is -1.99. The normalized spacial score (nSPS) is 21.8. The van der Waals surface area contributed by atoms with E-state index < -0.39 is 5.90 Å². The van der Waals surface area contributed by atoms with Crippen LogP contribution in [-0.4, -0.2) is 5.12 Å². The van der Waals surface area contributed by atoms with Gasteiger partial charge in [-0.05, 0) is 17.4 Å². The number of fused-ring (bicyclic) bond motifs is 1. The molecule has 0 bridgehead atoms. The fraction of sp³-hybridized carbons (Fsp3) is 0. The highest BCUT2D eigenvalue weighted by Crippen LogP contribution is 2.45. The first-order valence-electron chi connectivity index (χ1n) is 3.06. The largest absolute Gasteiger partial charge is 0.281 e. The third-order valence-corrected chi connectivity index (χ3v) is 6.08. The average Bonchev–Trinajstić information content (AvgIpc) is 2.30. The van der Waals surface area contributed by atoms with Gasteiger partial charge in [-0.1, -0.05) is 30.0 Å². The molecule has 0 amide bonds. The summed E-state index contributed by atoms with van der Waals surface area (Å²) in [4.78, 5) is 11.2. The summed E-state index contributed by atoms with van der Waals surface area (Å²) in [7, 11) is 0. The lowest BCUT2D eigenvalue weighted by Gasteiger charge is -1.91. The van der Waals surface area contributed by atoms with Crippen LogP contribution in [-0.2, 0) is 11.8 Å². The van der Waals surface area contributed by atoms with E-state index in [2.05, 4.69) is 6.07 Å². The molecule has 11 heavy (non-hydrogen) atoms. The Kier molecular flexibility index (Phi) is 1.88. The molecule has 0 N–H and O–H groups in total. The molecule has 55 valence electrons. The Bertz CT molecular complexity index is 315. The summed E-state index contributed by atoms with van der Waals surface area (Å²) >= 11 is 6.45. The van der Waals surface area contributed by atoms with Gasteiger partial charge in [-0.15, -0.1) is 0 Å². The van der Waals surface area contributed by atoms with Crippen LogP contribution in [0.2, 0.25) is 0 Å². The maximum absolute atomic E-state index is 11.2. The van der Waals surface area contributed by atoms with Crippen molar-refractivity contribution < 1.29 is 4.79 Å². The van der Waals surface area contributed by atoms with Crippen molar-refractivity contribution in [2.24, 2.45) is 0 Å². The van der Waals surface area contributed by atoms with Crippen LogP contribution in [0.5, 0.6) is 0 Å². The molecule has 1 aliphatic rings. The molecule has 1 unspecified atom stereocenters. The van der Waals surface area contributed by atoms with Crippen molar-refractivity contribution in [3.05, 3.63) is 29.8 Å². The van der Waals surface area contributed by atoms with Gasteiger partial charge in [0.05, 0.1) is 0 Å². The Morgan fingerprint density at radius 2 is 2.45 bits per heavy atom. The monoisotopic (exact) mass is 199 g/mol. The van der Waals surface area contributed by atoms with Crippen molar-refractivity contribution >= 4 is 39.5 Å². The first-order valence-corrected chi connectivity index (χ1v) is 7.23. The minimum Gasteiger partial charge on any atom is -0.281 e. The van der Waals surface area contributed by atoms with E-state index in [-0.39, 0.29) is 5.12 Å². The average molecular weight is 199 g/mol. The van der Waals surface area contributed by atoms with Gasteiger partial charge in [-0.2, -0.15) is 0 Å². The zero-order valence-corrected chi connectivity index (χ0v) is 8.09. The predicted octanol–water partition coefficient (Wildman–Crippen LogP) is 1.59. The third kappa shape index (κ3) is 1.18. The Hall–Kier alpha value is -0.110. The van der Waals surface area contributed by atoms with Crippen molar-refractivity contribution in [2.75, 3.05) is 0 Å². The van der Waals surface area contributed by atoms with Gasteiger partial charge in [0.15, 0.2) is 0 Å². The summed E-state index contributed by atoms with van der Waals surface area (Å²) in [5, 5.41) is 1.15. The molecule has 1 aromatic rings. The molecule has 0 aliphatic carbocycles. The second-order valence-corrected chi connectivity index (χ2v) is 7.66. The van der Waals surface area contributed by atoms with E-state index in [9.17, 15) is 4.79 Å². The molecular weight excluding hydrogens is 195 g/mol. The van der Waals surface area contributed by atoms with Crippen LogP contribution in [0.3, 0.4) is 0 Å². The highest BCUT2D eigenvalue weighted by Gasteiger charge is 2.23. The summed E-state index contributed by atoms with van der Waals surface area (Å²) in [6.07, 6.45) is 0. The maximum Gasteiger partial charge on any atom is 0.225 e. The number of benzene rings is 1. The minimum absolute atomic E-state index is 0.101. The predicted molar refractivity (Wildman–Crippen MR) is 52.5 cm³/mol. The van der Waals surface area contributed by atoms with Crippen molar-refractivity contribution in [1.82, 2.24) is 0 Å². The second kappa shape index (κ2) is 2.74. The Morgan fingerprint density at radius 1 is 1.64 bits per heavy atom. The highest BCUT2D eigenvalue weighted by molar-refractivity contribution is 8.73. The molecule has 0 saturated carbocycles. The lowest BCUT2D eigenvalue weighted by atomic mass is 10.2. The van der Waals surface area contributed by atoms with Crippen LogP contribution in [0.1, 0.15) is 10.4 Å². The second-order valence-electron chi connectivity index (χ2n) is 2.14. The first-order chi connectivity index (χ1) is 5.29. The highest BCUT2D eigenvalue weighted by atomic mass is 32.9. The third-order valence-electron chi connectivity index (χ3n) is 1.47. The fourth-order valence-electron chi connectivity index (χ4n) is 0.966. The summed E-state index contributed by atoms with van der Waals surface area (Å²) < 4.78 is 0. The number of carbonyl (C=O) groups is 1. The molecule has 1 radical (unpaired) electrons. The van der Waals surface area contributed by atoms with Gasteiger partial charge in [-0.3, -0.25) is 4.79 Å². The molecule has 4 heteroatoms. The van der Waals surface area contributed by atoms with Crippen LogP contribution in [0.4, 0.5) is 0 Å². The van der Waals surface area contributed by atoms with Gasteiger partial charge >= 0.3 is 0 Å². The molecule has 1 aromatic carbocycles. The molecule has 1 atom stereocenters.